The SMILES string of the molecule is CC(=O)c1ccc(OC[C@@H](O)CN(Cc2ccccc2)Cc2ccco2)cc1. The van der Waals surface area contributed by atoms with Crippen LogP contribution in [0.1, 0.15) is 28.6 Å². The molecule has 0 aliphatic heterocycles. The van der Waals surface area contributed by atoms with Crippen molar-refractivity contribution in [1.82, 2.24) is 4.90 Å². The van der Waals surface area contributed by atoms with Crippen molar-refractivity contribution in [3.8, 4) is 5.75 Å². The number of furan rings is 1. The summed E-state index contributed by atoms with van der Waals surface area (Å²) in [4.78, 5) is 13.5. The predicted octanol–water partition coefficient (Wildman–Crippen LogP) is 3.92. The molecule has 0 saturated carbocycles. The molecule has 0 unspecified atom stereocenters. The van der Waals surface area contributed by atoms with Crippen LogP contribution in [0.3, 0.4) is 0 Å². The van der Waals surface area contributed by atoms with E-state index in [1.54, 1.807) is 30.5 Å². The Balaban J connectivity index is 1.56. The van der Waals surface area contributed by atoms with Gasteiger partial charge in [0.2, 0.25) is 0 Å². The molecule has 0 spiro atoms. The monoisotopic (exact) mass is 379 g/mol. The quantitative estimate of drug-likeness (QED) is 0.541. The summed E-state index contributed by atoms with van der Waals surface area (Å²) in [5.74, 6) is 1.50. The van der Waals surface area contributed by atoms with Gasteiger partial charge >= 0.3 is 0 Å². The number of benzene rings is 2. The first-order valence-electron chi connectivity index (χ1n) is 9.30. The molecule has 0 amide bonds. The molecule has 3 aromatic rings. The number of aliphatic hydroxyl groups is 1. The Morgan fingerprint density at radius 2 is 1.79 bits per heavy atom. The van der Waals surface area contributed by atoms with Crippen LogP contribution in [0.2, 0.25) is 0 Å². The van der Waals surface area contributed by atoms with Gasteiger partial charge in [0, 0.05) is 18.7 Å². The van der Waals surface area contributed by atoms with Crippen LogP contribution < -0.4 is 4.74 Å². The Bertz CT molecular complexity index is 844. The minimum atomic E-state index is -0.661. The fraction of sp³-hybridized carbons (Fsp3) is 0.261. The van der Waals surface area contributed by atoms with E-state index in [4.69, 9.17) is 9.15 Å². The molecule has 0 bridgehead atoms. The van der Waals surface area contributed by atoms with E-state index in [2.05, 4.69) is 17.0 Å². The van der Waals surface area contributed by atoms with E-state index < -0.39 is 6.10 Å². The van der Waals surface area contributed by atoms with Gasteiger partial charge < -0.3 is 14.3 Å². The zero-order chi connectivity index (χ0) is 19.8. The molecule has 5 nitrogen and oxygen atoms in total. The van der Waals surface area contributed by atoms with Crippen LogP contribution in [0.15, 0.2) is 77.4 Å². The van der Waals surface area contributed by atoms with Crippen LogP contribution in [0.25, 0.3) is 0 Å². The second kappa shape index (κ2) is 9.88. The maximum Gasteiger partial charge on any atom is 0.159 e. The summed E-state index contributed by atoms with van der Waals surface area (Å²) in [6, 6.07) is 20.9. The molecule has 1 atom stereocenters. The number of ketones is 1. The van der Waals surface area contributed by atoms with Crippen molar-refractivity contribution >= 4 is 5.78 Å². The van der Waals surface area contributed by atoms with Gasteiger partial charge in [-0.1, -0.05) is 30.3 Å². The molecular weight excluding hydrogens is 354 g/mol. The molecule has 5 heteroatoms. The molecule has 2 aromatic carbocycles. The zero-order valence-corrected chi connectivity index (χ0v) is 16.0. The van der Waals surface area contributed by atoms with Gasteiger partial charge in [-0.05, 0) is 48.9 Å². The van der Waals surface area contributed by atoms with Gasteiger partial charge in [-0.25, -0.2) is 0 Å². The topological polar surface area (TPSA) is 62.9 Å². The first-order chi connectivity index (χ1) is 13.6. The van der Waals surface area contributed by atoms with Crippen LogP contribution in [0.5, 0.6) is 5.75 Å². The van der Waals surface area contributed by atoms with Gasteiger partial charge in [-0.3, -0.25) is 9.69 Å². The van der Waals surface area contributed by atoms with E-state index in [-0.39, 0.29) is 12.4 Å². The van der Waals surface area contributed by atoms with Crippen molar-refractivity contribution in [3.63, 3.8) is 0 Å². The molecule has 3 rings (SSSR count). The largest absolute Gasteiger partial charge is 0.491 e. The van der Waals surface area contributed by atoms with Crippen LogP contribution in [0, 0.1) is 0 Å². The summed E-state index contributed by atoms with van der Waals surface area (Å²) in [5, 5.41) is 10.5. The van der Waals surface area contributed by atoms with Crippen LogP contribution in [0.4, 0.5) is 0 Å². The minimum Gasteiger partial charge on any atom is -0.491 e. The standard InChI is InChI=1S/C23H25NO4/c1-18(25)20-9-11-22(12-10-20)28-17-21(26)15-24(16-23-8-5-13-27-23)14-19-6-3-2-4-7-19/h2-13,21,26H,14-17H2,1H3/t21-/m0/s1. The first-order valence-corrected chi connectivity index (χ1v) is 9.30. The zero-order valence-electron chi connectivity index (χ0n) is 16.0. The van der Waals surface area contributed by atoms with E-state index in [1.165, 1.54) is 12.5 Å². The molecule has 146 valence electrons. The average Bonchev–Trinajstić information content (AvgIpc) is 3.20. The summed E-state index contributed by atoms with van der Waals surface area (Å²) in [6.45, 7) is 3.45. The highest BCUT2D eigenvalue weighted by molar-refractivity contribution is 5.94. The number of hydrogen-bond acceptors (Lipinski definition) is 5. The number of nitrogens with zero attached hydrogens (tertiary/aromatic N) is 1. The maximum absolute atomic E-state index is 11.3. The van der Waals surface area contributed by atoms with Crippen LogP contribution in [-0.2, 0) is 13.1 Å². The molecule has 0 aliphatic carbocycles. The molecular formula is C23H25NO4. The number of carbonyl (C=O) groups is 1. The highest BCUT2D eigenvalue weighted by atomic mass is 16.5. The van der Waals surface area contributed by atoms with Gasteiger partial charge in [0.15, 0.2) is 5.78 Å². The summed E-state index contributed by atoms with van der Waals surface area (Å²) in [5.41, 5.74) is 1.81. The van der Waals surface area contributed by atoms with E-state index in [0.717, 1.165) is 5.76 Å². The van der Waals surface area contributed by atoms with E-state index in [9.17, 15) is 9.90 Å². The summed E-state index contributed by atoms with van der Waals surface area (Å²) in [6.07, 6.45) is 0.992. The number of carbonyl (C=O) groups excluding carboxylic acids is 1. The minimum absolute atomic E-state index is 0.0149. The van der Waals surface area contributed by atoms with Gasteiger partial charge in [0.1, 0.15) is 24.2 Å². The lowest BCUT2D eigenvalue weighted by Gasteiger charge is -2.24. The Labute approximate surface area is 165 Å². The number of rotatable bonds is 10. The van der Waals surface area contributed by atoms with Gasteiger partial charge in [-0.15, -0.1) is 0 Å². The van der Waals surface area contributed by atoms with Gasteiger partial charge in [-0.2, -0.15) is 0 Å². The molecule has 1 aromatic heterocycles. The number of hydrogen-bond donors (Lipinski definition) is 1. The first kappa shape index (κ1) is 19.9. The fourth-order valence-electron chi connectivity index (χ4n) is 2.98. The van der Waals surface area contributed by atoms with E-state index in [1.807, 2.05) is 30.3 Å². The van der Waals surface area contributed by atoms with Crippen LogP contribution >= 0.6 is 0 Å². The second-order valence-corrected chi connectivity index (χ2v) is 6.78. The molecule has 1 N–H and O–H groups in total. The summed E-state index contributed by atoms with van der Waals surface area (Å²) in [7, 11) is 0. The Kier molecular flexibility index (Phi) is 7.00. The highest BCUT2D eigenvalue weighted by Crippen LogP contribution is 2.14. The summed E-state index contributed by atoms with van der Waals surface area (Å²) >= 11 is 0. The van der Waals surface area contributed by atoms with E-state index in [0.29, 0.717) is 30.9 Å². The molecule has 0 saturated heterocycles. The van der Waals surface area contributed by atoms with Crippen molar-refractivity contribution in [2.24, 2.45) is 0 Å². The molecule has 0 fully saturated rings. The lowest BCUT2D eigenvalue weighted by atomic mass is 10.1. The van der Waals surface area contributed by atoms with Crippen molar-refractivity contribution in [1.29, 1.82) is 0 Å². The second-order valence-electron chi connectivity index (χ2n) is 6.78. The fourth-order valence-corrected chi connectivity index (χ4v) is 2.98. The number of aliphatic hydroxyl groups excluding tert-OH is 1. The smallest absolute Gasteiger partial charge is 0.159 e. The Hall–Kier alpha value is -2.89. The lowest BCUT2D eigenvalue weighted by Crippen LogP contribution is -2.35. The molecule has 1 heterocycles. The third-order valence-electron chi connectivity index (χ3n) is 4.38. The molecule has 0 radical (unpaired) electrons. The summed E-state index contributed by atoms with van der Waals surface area (Å²) < 4.78 is 11.1. The van der Waals surface area contributed by atoms with Crippen molar-refractivity contribution in [2.75, 3.05) is 13.2 Å². The van der Waals surface area contributed by atoms with Gasteiger partial charge in [0.25, 0.3) is 0 Å². The van der Waals surface area contributed by atoms with Crippen molar-refractivity contribution in [3.05, 3.63) is 89.9 Å². The van der Waals surface area contributed by atoms with E-state index >= 15 is 0 Å². The highest BCUT2D eigenvalue weighted by Gasteiger charge is 2.15. The Morgan fingerprint density at radius 3 is 2.43 bits per heavy atom. The number of ether oxygens (including phenoxy) is 1. The third-order valence-corrected chi connectivity index (χ3v) is 4.38. The van der Waals surface area contributed by atoms with Crippen molar-refractivity contribution < 1.29 is 19.1 Å². The molecule has 0 aliphatic rings. The third kappa shape index (κ3) is 6.08. The normalized spacial score (nSPS) is 12.1. The number of Topliss-reactive ketones (excluding diaryl/α,β-unsaturated/α-hetero) is 1. The van der Waals surface area contributed by atoms with Crippen molar-refractivity contribution in [2.45, 2.75) is 26.1 Å². The Morgan fingerprint density at radius 1 is 1.04 bits per heavy atom. The lowest BCUT2D eigenvalue weighted by molar-refractivity contribution is 0.0604. The maximum atomic E-state index is 11.3. The molecule has 28 heavy (non-hydrogen) atoms. The van der Waals surface area contributed by atoms with Crippen LogP contribution in [-0.4, -0.2) is 35.0 Å². The van der Waals surface area contributed by atoms with Gasteiger partial charge in [0.05, 0.1) is 12.8 Å². The predicted molar refractivity (Wildman–Crippen MR) is 107 cm³/mol. The average molecular weight is 379 g/mol.